The number of amides is 1. The number of anilines is 1. The first kappa shape index (κ1) is 18.7. The Morgan fingerprint density at radius 1 is 1.33 bits per heavy atom. The summed E-state index contributed by atoms with van der Waals surface area (Å²) in [6.07, 6.45) is 0.832. The van der Waals surface area contributed by atoms with Gasteiger partial charge in [0.2, 0.25) is 17.7 Å². The van der Waals surface area contributed by atoms with Gasteiger partial charge in [-0.25, -0.2) is 0 Å². The van der Waals surface area contributed by atoms with Crippen LogP contribution in [0.3, 0.4) is 0 Å². The zero-order valence-corrected chi connectivity index (χ0v) is 18.1. The highest BCUT2D eigenvalue weighted by molar-refractivity contribution is 6.16. The van der Waals surface area contributed by atoms with Crippen molar-refractivity contribution in [3.05, 3.63) is 51.0 Å². The number of nitrogens with two attached hydrogens (primary N) is 1. The molecule has 0 unspecified atom stereocenters. The number of hydrogen-bond donors (Lipinski definition) is 2. The number of nitrogens with one attached hydrogen (secondary N) is 1. The van der Waals surface area contributed by atoms with Gasteiger partial charge in [-0.15, -0.1) is 5.10 Å². The Balaban J connectivity index is 2.04. The molecule has 30 heavy (non-hydrogen) atoms. The first-order valence-electron chi connectivity index (χ1n) is 10.2. The molecule has 7 nitrogen and oxygen atoms in total. The number of hydrogen-bond acceptors (Lipinski definition) is 5. The number of fused-ring (bicyclic) bond motifs is 3. The van der Waals surface area contributed by atoms with Gasteiger partial charge in [-0.3, -0.25) is 9.89 Å². The quantitative estimate of drug-likeness (QED) is 0.701. The normalized spacial score (nSPS) is 25.8. The topological polar surface area (TPSA) is 108 Å². The number of aryl methyl sites for hydroxylation is 2. The number of nitrogens with zero attached hydrogens (tertiary/aromatic N) is 3. The molecule has 1 aromatic heterocycles. The summed E-state index contributed by atoms with van der Waals surface area (Å²) in [4.78, 5) is 16.4. The van der Waals surface area contributed by atoms with Gasteiger partial charge in [-0.1, -0.05) is 13.0 Å². The summed E-state index contributed by atoms with van der Waals surface area (Å²) in [5, 5.41) is 17.4. The van der Waals surface area contributed by atoms with Gasteiger partial charge in [0.15, 0.2) is 0 Å². The van der Waals surface area contributed by atoms with Crippen LogP contribution < -0.4 is 15.4 Å². The van der Waals surface area contributed by atoms with E-state index in [1.165, 1.54) is 0 Å². The standard InChI is InChI=1S/C23H25N5O2/c1-10-7-14-11(2)8-22(5,6)28-18(14)16(12(10)3)23(21(28)29)15(9-24)19(25)30-20-17(23)13(4)26-27-20/h7,11H,8,25H2,1-6H3,(H,26,27)/t11-,23-/m1/s1. The SMILES string of the molecule is Cc1cc2c3c(c1C)[C@]1(C(=O)N3C(C)(C)C[C@H]2C)C(C#N)=C(N)Oc2n[nH]c(C)c21. The summed E-state index contributed by atoms with van der Waals surface area (Å²) >= 11 is 0. The zero-order chi connectivity index (χ0) is 21.7. The molecule has 3 aliphatic heterocycles. The Kier molecular flexibility index (Phi) is 3.40. The molecule has 0 fully saturated rings. The lowest BCUT2D eigenvalue weighted by molar-refractivity contribution is -0.122. The minimum absolute atomic E-state index is 0.0646. The summed E-state index contributed by atoms with van der Waals surface area (Å²) in [5.74, 6) is 0.324. The Hall–Kier alpha value is -3.27. The first-order valence-corrected chi connectivity index (χ1v) is 10.2. The van der Waals surface area contributed by atoms with E-state index in [1.54, 1.807) is 0 Å². The molecule has 1 aromatic carbocycles. The van der Waals surface area contributed by atoms with E-state index in [4.69, 9.17) is 10.5 Å². The van der Waals surface area contributed by atoms with Crippen molar-refractivity contribution in [2.75, 3.05) is 4.90 Å². The van der Waals surface area contributed by atoms with Crippen LogP contribution in [-0.2, 0) is 10.2 Å². The van der Waals surface area contributed by atoms with Crippen molar-refractivity contribution in [2.24, 2.45) is 5.73 Å². The molecule has 4 heterocycles. The largest absolute Gasteiger partial charge is 0.420 e. The summed E-state index contributed by atoms with van der Waals surface area (Å²) in [6.45, 7) is 12.3. The van der Waals surface area contributed by atoms with Gasteiger partial charge in [0.1, 0.15) is 17.1 Å². The number of aromatic nitrogens is 2. The monoisotopic (exact) mass is 403 g/mol. The molecule has 2 aromatic rings. The first-order chi connectivity index (χ1) is 14.1. The fourth-order valence-corrected chi connectivity index (χ4v) is 5.90. The highest BCUT2D eigenvalue weighted by Crippen LogP contribution is 2.62. The van der Waals surface area contributed by atoms with Crippen molar-refractivity contribution in [2.45, 2.75) is 64.8 Å². The molecule has 3 N–H and O–H groups in total. The molecule has 154 valence electrons. The fourth-order valence-electron chi connectivity index (χ4n) is 5.90. The number of H-pyrrole nitrogens is 1. The number of aromatic amines is 1. The maximum atomic E-state index is 14.5. The van der Waals surface area contributed by atoms with Crippen molar-refractivity contribution in [1.29, 1.82) is 5.26 Å². The number of rotatable bonds is 0. The number of carbonyl (C=O) groups is 1. The van der Waals surface area contributed by atoms with E-state index in [9.17, 15) is 10.1 Å². The van der Waals surface area contributed by atoms with Gasteiger partial charge in [0, 0.05) is 16.8 Å². The Bertz CT molecular complexity index is 1230. The lowest BCUT2D eigenvalue weighted by atomic mass is 9.67. The van der Waals surface area contributed by atoms with Gasteiger partial charge < -0.3 is 15.4 Å². The molecule has 7 heteroatoms. The summed E-state index contributed by atoms with van der Waals surface area (Å²) in [5.41, 5.74) is 10.9. The van der Waals surface area contributed by atoms with E-state index in [2.05, 4.69) is 50.0 Å². The second-order valence-corrected chi connectivity index (χ2v) is 9.42. The van der Waals surface area contributed by atoms with Gasteiger partial charge in [0.05, 0.1) is 11.3 Å². The minimum atomic E-state index is -1.36. The van der Waals surface area contributed by atoms with Gasteiger partial charge in [-0.2, -0.15) is 5.26 Å². The molecule has 0 saturated carbocycles. The molecular weight excluding hydrogens is 378 g/mol. The molecule has 1 amide bonds. The van der Waals surface area contributed by atoms with Crippen LogP contribution in [0.15, 0.2) is 17.5 Å². The van der Waals surface area contributed by atoms with Gasteiger partial charge >= 0.3 is 0 Å². The average Bonchev–Trinajstić information content (AvgIpc) is 3.14. The lowest BCUT2D eigenvalue weighted by Crippen LogP contribution is -2.54. The van der Waals surface area contributed by atoms with E-state index >= 15 is 0 Å². The molecule has 0 bridgehead atoms. The van der Waals surface area contributed by atoms with Crippen LogP contribution in [0.2, 0.25) is 0 Å². The van der Waals surface area contributed by atoms with Gasteiger partial charge in [-0.05, 0) is 63.6 Å². The number of ether oxygens (including phenoxy) is 1. The van der Waals surface area contributed by atoms with E-state index in [-0.39, 0.29) is 29.2 Å². The third kappa shape index (κ3) is 1.85. The summed E-state index contributed by atoms with van der Waals surface area (Å²) < 4.78 is 5.69. The zero-order valence-electron chi connectivity index (χ0n) is 18.1. The summed E-state index contributed by atoms with van der Waals surface area (Å²) in [7, 11) is 0. The molecule has 3 aliphatic rings. The predicted molar refractivity (Wildman–Crippen MR) is 112 cm³/mol. The molecule has 0 aliphatic carbocycles. The van der Waals surface area contributed by atoms with Crippen molar-refractivity contribution in [3.8, 4) is 11.9 Å². The van der Waals surface area contributed by atoms with Gasteiger partial charge in [0.25, 0.3) is 0 Å². The van der Waals surface area contributed by atoms with E-state index < -0.39 is 11.0 Å². The highest BCUT2D eigenvalue weighted by atomic mass is 16.5. The Morgan fingerprint density at radius 2 is 2.03 bits per heavy atom. The predicted octanol–water partition coefficient (Wildman–Crippen LogP) is 3.34. The van der Waals surface area contributed by atoms with E-state index in [0.717, 1.165) is 34.4 Å². The van der Waals surface area contributed by atoms with Crippen molar-refractivity contribution < 1.29 is 9.53 Å². The smallest absolute Gasteiger partial charge is 0.248 e. The van der Waals surface area contributed by atoms with Crippen LogP contribution >= 0.6 is 0 Å². The number of carbonyl (C=O) groups excluding carboxylic acids is 1. The molecule has 0 saturated heterocycles. The van der Waals surface area contributed by atoms with E-state index in [1.807, 2.05) is 18.7 Å². The van der Waals surface area contributed by atoms with Crippen molar-refractivity contribution in [1.82, 2.24) is 10.2 Å². The van der Waals surface area contributed by atoms with E-state index in [0.29, 0.717) is 11.3 Å². The number of benzene rings is 1. The molecule has 1 spiro atoms. The van der Waals surface area contributed by atoms with Crippen LogP contribution in [0, 0.1) is 32.1 Å². The fraction of sp³-hybridized carbons (Fsp3) is 0.435. The van der Waals surface area contributed by atoms with Crippen LogP contribution in [0.1, 0.15) is 66.6 Å². The minimum Gasteiger partial charge on any atom is -0.420 e. The summed E-state index contributed by atoms with van der Waals surface area (Å²) in [6, 6.07) is 4.42. The van der Waals surface area contributed by atoms with Crippen LogP contribution in [-0.4, -0.2) is 21.6 Å². The molecule has 5 rings (SSSR count). The molecule has 0 radical (unpaired) electrons. The second-order valence-electron chi connectivity index (χ2n) is 9.42. The highest BCUT2D eigenvalue weighted by Gasteiger charge is 2.65. The third-order valence-electron chi connectivity index (χ3n) is 7.14. The average molecular weight is 403 g/mol. The van der Waals surface area contributed by atoms with Crippen LogP contribution in [0.4, 0.5) is 5.69 Å². The van der Waals surface area contributed by atoms with Crippen molar-refractivity contribution in [3.63, 3.8) is 0 Å². The Morgan fingerprint density at radius 3 is 2.70 bits per heavy atom. The molecular formula is C23H25N5O2. The molecule has 2 atom stereocenters. The maximum absolute atomic E-state index is 14.5. The second kappa shape index (κ2) is 5.45. The maximum Gasteiger partial charge on any atom is 0.248 e. The van der Waals surface area contributed by atoms with Crippen LogP contribution in [0.25, 0.3) is 0 Å². The third-order valence-corrected chi connectivity index (χ3v) is 7.14. The van der Waals surface area contributed by atoms with Crippen molar-refractivity contribution >= 4 is 11.6 Å². The number of nitriles is 1. The lowest BCUT2D eigenvalue weighted by Gasteiger charge is -2.44. The van der Waals surface area contributed by atoms with Crippen LogP contribution in [0.5, 0.6) is 5.88 Å². The Labute approximate surface area is 175 Å².